The zero-order valence-corrected chi connectivity index (χ0v) is 19.4. The molecule has 3 atom stereocenters. The first-order valence-corrected chi connectivity index (χ1v) is 11.9. The maximum atomic E-state index is 13.0. The van der Waals surface area contributed by atoms with Crippen LogP contribution in [0.25, 0.3) is 6.08 Å². The summed E-state index contributed by atoms with van der Waals surface area (Å²) in [5.41, 5.74) is 3.16. The van der Waals surface area contributed by atoms with E-state index in [2.05, 4.69) is 18.3 Å². The van der Waals surface area contributed by atoms with Crippen LogP contribution in [0.5, 0.6) is 0 Å². The van der Waals surface area contributed by atoms with E-state index in [0.29, 0.717) is 23.2 Å². The fourth-order valence-corrected chi connectivity index (χ4v) is 6.07. The molecule has 4 nitrogen and oxygen atoms in total. The van der Waals surface area contributed by atoms with Gasteiger partial charge in [0.05, 0.1) is 4.91 Å². The molecule has 1 aliphatic heterocycles. The van der Waals surface area contributed by atoms with Gasteiger partial charge in [0.2, 0.25) is 5.91 Å². The zero-order chi connectivity index (χ0) is 22.0. The maximum absolute atomic E-state index is 13.0. The van der Waals surface area contributed by atoms with Crippen LogP contribution in [0.4, 0.5) is 0 Å². The summed E-state index contributed by atoms with van der Waals surface area (Å²) in [6.45, 7) is 2.49. The van der Waals surface area contributed by atoms with Gasteiger partial charge >= 0.3 is 0 Å². The highest BCUT2D eigenvalue weighted by Gasteiger charge is 2.42. The van der Waals surface area contributed by atoms with Gasteiger partial charge in [0.15, 0.2) is 0 Å². The van der Waals surface area contributed by atoms with E-state index in [0.717, 1.165) is 34.4 Å². The van der Waals surface area contributed by atoms with Crippen molar-refractivity contribution in [3.05, 3.63) is 75.1 Å². The molecule has 31 heavy (non-hydrogen) atoms. The molecule has 2 aromatic rings. The van der Waals surface area contributed by atoms with Crippen molar-refractivity contribution < 1.29 is 9.59 Å². The Kier molecular flexibility index (Phi) is 6.73. The molecule has 1 saturated carbocycles. The Balaban J connectivity index is 1.41. The second-order valence-corrected chi connectivity index (χ2v) is 10.0. The van der Waals surface area contributed by atoms with Crippen LogP contribution < -0.4 is 5.32 Å². The summed E-state index contributed by atoms with van der Waals surface area (Å²) in [4.78, 5) is 28.5. The van der Waals surface area contributed by atoms with Gasteiger partial charge in [-0.1, -0.05) is 54.1 Å². The van der Waals surface area contributed by atoms with Crippen molar-refractivity contribution in [2.45, 2.75) is 44.0 Å². The van der Waals surface area contributed by atoms with Gasteiger partial charge in [0.1, 0.15) is 0 Å². The second kappa shape index (κ2) is 9.49. The number of rotatable bonds is 4. The number of halogens is 1. The predicted octanol–water partition coefficient (Wildman–Crippen LogP) is 5.05. The average Bonchev–Trinajstić information content (AvgIpc) is 2.78. The molecule has 3 unspecified atom stereocenters. The van der Waals surface area contributed by atoms with Crippen molar-refractivity contribution in [1.29, 1.82) is 0 Å². The second-order valence-electron chi connectivity index (χ2n) is 8.32. The van der Waals surface area contributed by atoms with Crippen LogP contribution in [0.2, 0.25) is 5.02 Å². The molecule has 1 aliphatic carbocycles. The highest BCUT2D eigenvalue weighted by Crippen LogP contribution is 2.43. The molecule has 0 bridgehead atoms. The minimum atomic E-state index is -0.0820. The van der Waals surface area contributed by atoms with Crippen LogP contribution >= 0.6 is 23.4 Å². The number of amides is 2. The minimum Gasteiger partial charge on any atom is -0.352 e. The molecule has 6 heteroatoms. The van der Waals surface area contributed by atoms with Crippen LogP contribution in [0.1, 0.15) is 36.0 Å². The topological polar surface area (TPSA) is 49.4 Å². The molecular weight excluding hydrogens is 428 g/mol. The molecule has 1 heterocycles. The van der Waals surface area contributed by atoms with Gasteiger partial charge in [-0.2, -0.15) is 0 Å². The number of thioether (sulfide) groups is 1. The molecule has 0 spiro atoms. The summed E-state index contributed by atoms with van der Waals surface area (Å²) < 4.78 is 0. The summed E-state index contributed by atoms with van der Waals surface area (Å²) in [6.07, 6.45) is 4.47. The van der Waals surface area contributed by atoms with E-state index in [1.165, 1.54) is 0 Å². The molecule has 2 fully saturated rings. The number of hydrogen-bond donors (Lipinski definition) is 1. The van der Waals surface area contributed by atoms with Crippen molar-refractivity contribution in [2.75, 3.05) is 7.05 Å². The summed E-state index contributed by atoms with van der Waals surface area (Å²) >= 11 is 7.88. The van der Waals surface area contributed by atoms with E-state index in [-0.39, 0.29) is 23.8 Å². The number of likely N-dealkylation sites (N-methyl/N-ethyl adjacent to an activating group) is 1. The predicted molar refractivity (Wildman–Crippen MR) is 128 cm³/mol. The first kappa shape index (κ1) is 22.0. The Morgan fingerprint density at radius 3 is 2.71 bits per heavy atom. The van der Waals surface area contributed by atoms with Crippen molar-refractivity contribution in [2.24, 2.45) is 5.92 Å². The lowest BCUT2D eigenvalue weighted by Crippen LogP contribution is -2.52. The largest absolute Gasteiger partial charge is 0.352 e. The SMILES string of the molecule is Cc1ccccc1/C=C1\SC2CCC(C(=O)NCc3ccccc3Cl)CC2N(C)C1=O. The van der Waals surface area contributed by atoms with Crippen LogP contribution in [0.15, 0.2) is 53.4 Å². The summed E-state index contributed by atoms with van der Waals surface area (Å²) in [7, 11) is 1.87. The third kappa shape index (κ3) is 4.83. The van der Waals surface area contributed by atoms with Crippen molar-refractivity contribution >= 4 is 41.3 Å². The number of carbonyl (C=O) groups is 2. The first-order valence-electron chi connectivity index (χ1n) is 10.7. The van der Waals surface area contributed by atoms with Gasteiger partial charge in [-0.3, -0.25) is 9.59 Å². The fourth-order valence-electron chi connectivity index (χ4n) is 4.39. The Morgan fingerprint density at radius 1 is 1.19 bits per heavy atom. The van der Waals surface area contributed by atoms with Gasteiger partial charge < -0.3 is 10.2 Å². The summed E-state index contributed by atoms with van der Waals surface area (Å²) in [5, 5.41) is 4.02. The number of benzene rings is 2. The fraction of sp³-hybridized carbons (Fsp3) is 0.360. The number of hydrogen-bond acceptors (Lipinski definition) is 3. The van der Waals surface area contributed by atoms with Crippen molar-refractivity contribution in [1.82, 2.24) is 10.2 Å². The number of fused-ring (bicyclic) bond motifs is 1. The number of carbonyl (C=O) groups excluding carboxylic acids is 2. The average molecular weight is 455 g/mol. The molecule has 162 valence electrons. The van der Waals surface area contributed by atoms with E-state index < -0.39 is 0 Å². The van der Waals surface area contributed by atoms with Crippen LogP contribution in [0.3, 0.4) is 0 Å². The Hall–Kier alpha value is -2.24. The van der Waals surface area contributed by atoms with E-state index in [9.17, 15) is 9.59 Å². The number of nitrogens with zero attached hydrogens (tertiary/aromatic N) is 1. The molecule has 0 radical (unpaired) electrons. The number of nitrogens with one attached hydrogen (secondary N) is 1. The van der Waals surface area contributed by atoms with Crippen LogP contribution in [0, 0.1) is 12.8 Å². The first-order chi connectivity index (χ1) is 14.9. The standard InChI is InChI=1S/C25H27ClN2O2S/c1-16-7-3-4-8-17(16)14-23-25(30)28(2)21-13-18(11-12-22(21)31-23)24(29)27-15-19-9-5-6-10-20(19)26/h3-10,14,18,21-22H,11-13,15H2,1-2H3,(H,27,29)/b23-14-. The lowest BCUT2D eigenvalue weighted by Gasteiger charge is -2.44. The minimum absolute atomic E-state index is 0.0467. The lowest BCUT2D eigenvalue weighted by atomic mass is 9.83. The van der Waals surface area contributed by atoms with Crippen LogP contribution in [-0.4, -0.2) is 35.1 Å². The molecular formula is C25H27ClN2O2S. The van der Waals surface area contributed by atoms with Gasteiger partial charge in [-0.15, -0.1) is 11.8 Å². The molecule has 0 aromatic heterocycles. The number of aryl methyl sites for hydroxylation is 1. The molecule has 4 rings (SSSR count). The van der Waals surface area contributed by atoms with E-state index in [4.69, 9.17) is 11.6 Å². The van der Waals surface area contributed by atoms with Gasteiger partial charge in [0.25, 0.3) is 5.91 Å². The third-order valence-corrected chi connectivity index (χ3v) is 8.09. The van der Waals surface area contributed by atoms with Gasteiger partial charge in [-0.05, 0) is 55.0 Å². The Morgan fingerprint density at radius 2 is 1.94 bits per heavy atom. The molecule has 2 aliphatic rings. The van der Waals surface area contributed by atoms with Crippen LogP contribution in [-0.2, 0) is 16.1 Å². The van der Waals surface area contributed by atoms with Gasteiger partial charge in [0, 0.05) is 35.8 Å². The summed E-state index contributed by atoms with van der Waals surface area (Å²) in [5.74, 6) is 0.0126. The Labute approximate surface area is 193 Å². The molecule has 1 N–H and O–H groups in total. The Bertz CT molecular complexity index is 1020. The normalized spacial score (nSPS) is 24.7. The smallest absolute Gasteiger partial charge is 0.260 e. The zero-order valence-electron chi connectivity index (χ0n) is 17.8. The highest BCUT2D eigenvalue weighted by molar-refractivity contribution is 8.04. The van der Waals surface area contributed by atoms with Crippen molar-refractivity contribution in [3.8, 4) is 0 Å². The molecule has 2 aromatic carbocycles. The summed E-state index contributed by atoms with van der Waals surface area (Å²) in [6, 6.07) is 15.7. The monoisotopic (exact) mass is 454 g/mol. The van der Waals surface area contributed by atoms with E-state index >= 15 is 0 Å². The van der Waals surface area contributed by atoms with E-state index in [1.807, 2.05) is 60.5 Å². The van der Waals surface area contributed by atoms with Crippen molar-refractivity contribution in [3.63, 3.8) is 0 Å². The quantitative estimate of drug-likeness (QED) is 0.658. The van der Waals surface area contributed by atoms with Gasteiger partial charge in [-0.25, -0.2) is 0 Å². The van der Waals surface area contributed by atoms with E-state index in [1.54, 1.807) is 11.8 Å². The third-order valence-electron chi connectivity index (χ3n) is 6.32. The highest BCUT2D eigenvalue weighted by atomic mass is 35.5. The lowest BCUT2D eigenvalue weighted by molar-refractivity contribution is -0.132. The maximum Gasteiger partial charge on any atom is 0.260 e. The molecule has 2 amide bonds. The molecule has 1 saturated heterocycles.